The van der Waals surface area contributed by atoms with E-state index >= 15 is 0 Å². The topological polar surface area (TPSA) is 6.48 Å². The maximum atomic E-state index is 2.57. The Morgan fingerprint density at radius 3 is 2.38 bits per heavy atom. The zero-order chi connectivity index (χ0) is 9.90. The van der Waals surface area contributed by atoms with Gasteiger partial charge < -0.3 is 9.80 Å². The van der Waals surface area contributed by atoms with Crippen LogP contribution in [0.5, 0.6) is 0 Å². The zero-order valence-electron chi connectivity index (χ0n) is 9.64. The molecule has 2 heteroatoms. The van der Waals surface area contributed by atoms with Crippen LogP contribution in [0.3, 0.4) is 0 Å². The number of rotatable bonds is 5. The molecule has 0 aromatic rings. The van der Waals surface area contributed by atoms with Gasteiger partial charge in [-0.25, -0.2) is 0 Å². The summed E-state index contributed by atoms with van der Waals surface area (Å²) in [6.45, 7) is 9.83. The molecule has 1 aliphatic heterocycles. The van der Waals surface area contributed by atoms with Gasteiger partial charge in [-0.2, -0.15) is 0 Å². The van der Waals surface area contributed by atoms with Crippen LogP contribution < -0.4 is 0 Å². The van der Waals surface area contributed by atoms with E-state index in [2.05, 4.69) is 37.7 Å². The standard InChI is InChI=1S/C11H24N2/c1-5-7-13-9-11(2,10-13)6-8-12(3)4/h5-10H2,1-4H3. The molecule has 0 spiro atoms. The first kappa shape index (κ1) is 11.0. The van der Waals surface area contributed by atoms with Gasteiger partial charge >= 0.3 is 0 Å². The van der Waals surface area contributed by atoms with Crippen LogP contribution >= 0.6 is 0 Å². The van der Waals surface area contributed by atoms with Crippen LogP contribution in [-0.2, 0) is 0 Å². The molecule has 0 unspecified atom stereocenters. The molecule has 0 atom stereocenters. The Labute approximate surface area is 82.9 Å². The van der Waals surface area contributed by atoms with E-state index in [1.54, 1.807) is 0 Å². The molecule has 0 aliphatic carbocycles. The summed E-state index contributed by atoms with van der Waals surface area (Å²) in [6.07, 6.45) is 2.64. The average Bonchev–Trinajstić information content (AvgIpc) is 1.99. The fourth-order valence-electron chi connectivity index (χ4n) is 2.16. The largest absolute Gasteiger partial charge is 0.309 e. The monoisotopic (exact) mass is 184 g/mol. The molecule has 1 heterocycles. The van der Waals surface area contributed by atoms with Crippen LogP contribution in [0.2, 0.25) is 0 Å². The molecule has 0 amide bonds. The van der Waals surface area contributed by atoms with Crippen LogP contribution in [0.15, 0.2) is 0 Å². The van der Waals surface area contributed by atoms with Gasteiger partial charge in [0.1, 0.15) is 0 Å². The van der Waals surface area contributed by atoms with Crippen molar-refractivity contribution < 1.29 is 0 Å². The summed E-state index contributed by atoms with van der Waals surface area (Å²) < 4.78 is 0. The summed E-state index contributed by atoms with van der Waals surface area (Å²) in [6, 6.07) is 0. The maximum Gasteiger partial charge on any atom is 0.00483 e. The lowest BCUT2D eigenvalue weighted by Crippen LogP contribution is -2.55. The van der Waals surface area contributed by atoms with E-state index in [9.17, 15) is 0 Å². The number of likely N-dealkylation sites (tertiary alicyclic amines) is 1. The molecule has 1 aliphatic rings. The van der Waals surface area contributed by atoms with Gasteiger partial charge in [0.05, 0.1) is 0 Å². The van der Waals surface area contributed by atoms with Gasteiger partial charge in [-0.3, -0.25) is 0 Å². The molecule has 0 aromatic heterocycles. The Morgan fingerprint density at radius 2 is 1.92 bits per heavy atom. The third-order valence-electron chi connectivity index (χ3n) is 2.91. The van der Waals surface area contributed by atoms with Crippen molar-refractivity contribution in [3.05, 3.63) is 0 Å². The third kappa shape index (κ3) is 3.28. The van der Waals surface area contributed by atoms with Crippen molar-refractivity contribution in [3.63, 3.8) is 0 Å². The highest BCUT2D eigenvalue weighted by molar-refractivity contribution is 4.91. The van der Waals surface area contributed by atoms with Crippen molar-refractivity contribution in [2.45, 2.75) is 26.7 Å². The summed E-state index contributed by atoms with van der Waals surface area (Å²) in [4.78, 5) is 4.85. The highest BCUT2D eigenvalue weighted by Gasteiger charge is 2.37. The normalized spacial score (nSPS) is 21.9. The minimum atomic E-state index is 0.611. The van der Waals surface area contributed by atoms with Gasteiger partial charge in [0.2, 0.25) is 0 Å². The van der Waals surface area contributed by atoms with E-state index in [1.165, 1.54) is 39.0 Å². The van der Waals surface area contributed by atoms with Crippen molar-refractivity contribution in [3.8, 4) is 0 Å². The number of hydrogen-bond acceptors (Lipinski definition) is 2. The van der Waals surface area contributed by atoms with Crippen molar-refractivity contribution in [1.82, 2.24) is 9.80 Å². The summed E-state index contributed by atoms with van der Waals surface area (Å²) in [5.41, 5.74) is 0.611. The molecule has 1 rings (SSSR count). The zero-order valence-corrected chi connectivity index (χ0v) is 9.64. The highest BCUT2D eigenvalue weighted by Crippen LogP contribution is 2.33. The molecule has 2 nitrogen and oxygen atoms in total. The Morgan fingerprint density at radius 1 is 1.31 bits per heavy atom. The van der Waals surface area contributed by atoms with Crippen molar-refractivity contribution >= 4 is 0 Å². The highest BCUT2D eigenvalue weighted by atomic mass is 15.2. The number of hydrogen-bond donors (Lipinski definition) is 0. The quantitative estimate of drug-likeness (QED) is 0.641. The second kappa shape index (κ2) is 4.43. The molecule has 0 radical (unpaired) electrons. The molecule has 0 aromatic carbocycles. The first-order valence-electron chi connectivity index (χ1n) is 5.43. The summed E-state index contributed by atoms with van der Waals surface area (Å²) in [5.74, 6) is 0. The molecular formula is C11H24N2. The van der Waals surface area contributed by atoms with Gasteiger partial charge in [-0.05, 0) is 45.4 Å². The molecule has 13 heavy (non-hydrogen) atoms. The maximum absolute atomic E-state index is 2.57. The van der Waals surface area contributed by atoms with E-state index < -0.39 is 0 Å². The van der Waals surface area contributed by atoms with Crippen molar-refractivity contribution in [1.29, 1.82) is 0 Å². The van der Waals surface area contributed by atoms with E-state index in [1.807, 2.05) is 0 Å². The number of nitrogens with zero attached hydrogens (tertiary/aromatic N) is 2. The average molecular weight is 184 g/mol. The van der Waals surface area contributed by atoms with Gasteiger partial charge in [-0.1, -0.05) is 13.8 Å². The lowest BCUT2D eigenvalue weighted by atomic mass is 9.78. The van der Waals surface area contributed by atoms with E-state index in [-0.39, 0.29) is 0 Å². The van der Waals surface area contributed by atoms with Crippen molar-refractivity contribution in [2.24, 2.45) is 5.41 Å². The molecule has 0 N–H and O–H groups in total. The molecule has 1 saturated heterocycles. The van der Waals surface area contributed by atoms with Crippen LogP contribution in [0.4, 0.5) is 0 Å². The fourth-order valence-corrected chi connectivity index (χ4v) is 2.16. The Kier molecular flexibility index (Phi) is 3.74. The van der Waals surface area contributed by atoms with Crippen LogP contribution in [0.25, 0.3) is 0 Å². The molecule has 0 bridgehead atoms. The van der Waals surface area contributed by atoms with Gasteiger partial charge in [0.25, 0.3) is 0 Å². The lowest BCUT2D eigenvalue weighted by Gasteiger charge is -2.48. The van der Waals surface area contributed by atoms with Gasteiger partial charge in [0.15, 0.2) is 0 Å². The Balaban J connectivity index is 2.14. The molecule has 78 valence electrons. The summed E-state index contributed by atoms with van der Waals surface area (Å²) in [5, 5.41) is 0. The second-order valence-electron chi connectivity index (χ2n) is 5.07. The predicted octanol–water partition coefficient (Wildman–Crippen LogP) is 1.67. The molecule has 0 saturated carbocycles. The van der Waals surface area contributed by atoms with Crippen molar-refractivity contribution in [2.75, 3.05) is 40.3 Å². The minimum absolute atomic E-state index is 0.611. The smallest absolute Gasteiger partial charge is 0.00483 e. The van der Waals surface area contributed by atoms with Crippen LogP contribution in [0.1, 0.15) is 26.7 Å². The van der Waals surface area contributed by atoms with Crippen LogP contribution in [0, 0.1) is 5.41 Å². The minimum Gasteiger partial charge on any atom is -0.309 e. The third-order valence-corrected chi connectivity index (χ3v) is 2.91. The molecule has 1 fully saturated rings. The SMILES string of the molecule is CCCN1CC(C)(CCN(C)C)C1. The van der Waals surface area contributed by atoms with E-state index in [0.29, 0.717) is 5.41 Å². The van der Waals surface area contributed by atoms with E-state index in [0.717, 1.165) is 0 Å². The first-order valence-corrected chi connectivity index (χ1v) is 5.43. The Hall–Kier alpha value is -0.0800. The van der Waals surface area contributed by atoms with Gasteiger partial charge in [0, 0.05) is 13.1 Å². The first-order chi connectivity index (χ1) is 6.06. The summed E-state index contributed by atoms with van der Waals surface area (Å²) >= 11 is 0. The van der Waals surface area contributed by atoms with E-state index in [4.69, 9.17) is 0 Å². The lowest BCUT2D eigenvalue weighted by molar-refractivity contribution is 0.00479. The van der Waals surface area contributed by atoms with Crippen LogP contribution in [-0.4, -0.2) is 50.1 Å². The van der Waals surface area contributed by atoms with Gasteiger partial charge in [-0.15, -0.1) is 0 Å². The Bertz CT molecular complexity index is 148. The fraction of sp³-hybridized carbons (Fsp3) is 1.00. The predicted molar refractivity (Wildman–Crippen MR) is 58.0 cm³/mol. The second-order valence-corrected chi connectivity index (χ2v) is 5.07. The molecular weight excluding hydrogens is 160 g/mol. The summed E-state index contributed by atoms with van der Waals surface area (Å²) in [7, 11) is 4.32.